The number of anilines is 1. The maximum atomic E-state index is 13.6. The summed E-state index contributed by atoms with van der Waals surface area (Å²) in [6.45, 7) is 4.52. The van der Waals surface area contributed by atoms with Crippen LogP contribution in [-0.4, -0.2) is 68.8 Å². The molecule has 1 aromatic heterocycles. The Morgan fingerprint density at radius 2 is 1.89 bits per heavy atom. The molecule has 0 radical (unpaired) electrons. The van der Waals surface area contributed by atoms with Gasteiger partial charge in [-0.05, 0) is 88.3 Å². The van der Waals surface area contributed by atoms with E-state index in [9.17, 15) is 13.2 Å². The van der Waals surface area contributed by atoms with E-state index in [0.29, 0.717) is 36.2 Å². The molecule has 1 aliphatic rings. The zero-order valence-electron chi connectivity index (χ0n) is 20.7. The fourth-order valence-electron chi connectivity index (χ4n) is 4.27. The lowest BCUT2D eigenvalue weighted by Crippen LogP contribution is -2.39. The van der Waals surface area contributed by atoms with Crippen molar-refractivity contribution in [1.82, 2.24) is 14.2 Å². The van der Waals surface area contributed by atoms with Gasteiger partial charge in [-0.1, -0.05) is 34.2 Å². The van der Waals surface area contributed by atoms with E-state index in [4.69, 9.17) is 4.98 Å². The average molecular weight is 616 g/mol. The Labute approximate surface area is 232 Å². The summed E-state index contributed by atoms with van der Waals surface area (Å²) in [5, 5.41) is 0.640. The highest BCUT2D eigenvalue weighted by Crippen LogP contribution is 2.32. The van der Waals surface area contributed by atoms with Crippen molar-refractivity contribution in [3.8, 4) is 0 Å². The van der Waals surface area contributed by atoms with Crippen molar-refractivity contribution < 1.29 is 13.2 Å². The zero-order chi connectivity index (χ0) is 25.2. The number of fused-ring (bicyclic) bond motifs is 1. The van der Waals surface area contributed by atoms with Gasteiger partial charge >= 0.3 is 0 Å². The molecule has 1 amide bonds. The number of hydrogen-bond donors (Lipinski definition) is 0. The number of nitrogens with zero attached hydrogens (tertiary/aromatic N) is 4. The summed E-state index contributed by atoms with van der Waals surface area (Å²) in [4.78, 5) is 22.3. The summed E-state index contributed by atoms with van der Waals surface area (Å²) in [6, 6.07) is 12.2. The van der Waals surface area contributed by atoms with Crippen molar-refractivity contribution in [1.29, 1.82) is 0 Å². The van der Waals surface area contributed by atoms with Crippen molar-refractivity contribution >= 4 is 71.0 Å². The Morgan fingerprint density at radius 3 is 2.56 bits per heavy atom. The Kier molecular flexibility index (Phi) is 9.93. The Bertz CT molecular complexity index is 1300. The van der Waals surface area contributed by atoms with Crippen molar-refractivity contribution in [3.05, 3.63) is 52.5 Å². The van der Waals surface area contributed by atoms with Crippen LogP contribution in [0.5, 0.6) is 0 Å². The van der Waals surface area contributed by atoms with Gasteiger partial charge in [-0.2, -0.15) is 4.31 Å². The molecular formula is C25H32BrClN4O3S2. The monoisotopic (exact) mass is 614 g/mol. The quantitative estimate of drug-likeness (QED) is 0.335. The van der Waals surface area contributed by atoms with E-state index in [2.05, 4.69) is 27.8 Å². The first-order valence-corrected chi connectivity index (χ1v) is 14.8. The van der Waals surface area contributed by atoms with E-state index in [0.717, 1.165) is 40.5 Å². The second kappa shape index (κ2) is 12.3. The lowest BCUT2D eigenvalue weighted by atomic mass is 10.0. The van der Waals surface area contributed by atoms with Crippen LogP contribution in [-0.2, 0) is 10.0 Å². The van der Waals surface area contributed by atoms with Gasteiger partial charge in [0.15, 0.2) is 5.13 Å². The molecule has 196 valence electrons. The van der Waals surface area contributed by atoms with Crippen LogP contribution < -0.4 is 4.90 Å². The fourth-order valence-corrected chi connectivity index (χ4v) is 7.41. The van der Waals surface area contributed by atoms with E-state index in [1.807, 2.05) is 32.3 Å². The van der Waals surface area contributed by atoms with Gasteiger partial charge in [-0.15, -0.1) is 12.4 Å². The molecule has 3 aromatic rings. The highest BCUT2D eigenvalue weighted by Gasteiger charge is 2.29. The van der Waals surface area contributed by atoms with Gasteiger partial charge in [-0.25, -0.2) is 13.4 Å². The van der Waals surface area contributed by atoms with Crippen LogP contribution in [0, 0.1) is 5.92 Å². The summed E-state index contributed by atoms with van der Waals surface area (Å²) < 4.78 is 29.8. The van der Waals surface area contributed by atoms with Crippen molar-refractivity contribution in [3.63, 3.8) is 0 Å². The average Bonchev–Trinajstić information content (AvgIpc) is 3.24. The smallest absolute Gasteiger partial charge is 0.260 e. The number of hydrogen-bond acceptors (Lipinski definition) is 6. The van der Waals surface area contributed by atoms with E-state index >= 15 is 0 Å². The van der Waals surface area contributed by atoms with E-state index in [1.54, 1.807) is 33.5 Å². The Hall–Kier alpha value is -1.56. The second-order valence-corrected chi connectivity index (χ2v) is 13.2. The van der Waals surface area contributed by atoms with Gasteiger partial charge in [0.05, 0.1) is 15.1 Å². The predicted octanol–water partition coefficient (Wildman–Crippen LogP) is 5.50. The number of carbonyl (C=O) groups excluding carboxylic acids is 1. The van der Waals surface area contributed by atoms with Crippen LogP contribution in [0.3, 0.4) is 0 Å². The molecule has 1 fully saturated rings. The summed E-state index contributed by atoms with van der Waals surface area (Å²) in [5.41, 5.74) is 1.29. The normalized spacial score (nSPS) is 16.8. The molecule has 1 atom stereocenters. The van der Waals surface area contributed by atoms with Crippen LogP contribution in [0.15, 0.2) is 51.8 Å². The largest absolute Gasteiger partial charge is 0.309 e. The minimum Gasteiger partial charge on any atom is -0.309 e. The summed E-state index contributed by atoms with van der Waals surface area (Å²) >= 11 is 4.97. The fraction of sp³-hybridized carbons (Fsp3) is 0.440. The van der Waals surface area contributed by atoms with Crippen molar-refractivity contribution in [2.24, 2.45) is 5.92 Å². The van der Waals surface area contributed by atoms with E-state index in [-0.39, 0.29) is 23.2 Å². The number of halogens is 2. The van der Waals surface area contributed by atoms with Gasteiger partial charge in [0.1, 0.15) is 0 Å². The third-order valence-electron chi connectivity index (χ3n) is 6.16. The molecular weight excluding hydrogens is 584 g/mol. The minimum atomic E-state index is -3.57. The molecule has 7 nitrogen and oxygen atoms in total. The van der Waals surface area contributed by atoms with Crippen molar-refractivity contribution in [2.75, 3.05) is 45.2 Å². The van der Waals surface area contributed by atoms with Crippen LogP contribution in [0.25, 0.3) is 10.2 Å². The number of thiazole rings is 1. The van der Waals surface area contributed by atoms with E-state index < -0.39 is 10.0 Å². The first kappa shape index (κ1) is 29.0. The number of benzene rings is 2. The molecule has 0 bridgehead atoms. The van der Waals surface area contributed by atoms with Gasteiger partial charge in [0.2, 0.25) is 10.0 Å². The molecule has 0 aliphatic carbocycles. The molecule has 1 saturated heterocycles. The van der Waals surface area contributed by atoms with Gasteiger partial charge in [0.25, 0.3) is 5.91 Å². The lowest BCUT2D eigenvalue weighted by Gasteiger charge is -2.30. The second-order valence-electron chi connectivity index (χ2n) is 9.36. The molecule has 0 spiro atoms. The molecule has 1 aliphatic heterocycles. The lowest BCUT2D eigenvalue weighted by molar-refractivity contribution is 0.0986. The highest BCUT2D eigenvalue weighted by atomic mass is 79.9. The predicted molar refractivity (Wildman–Crippen MR) is 153 cm³/mol. The molecule has 0 N–H and O–H groups in total. The zero-order valence-corrected chi connectivity index (χ0v) is 24.7. The van der Waals surface area contributed by atoms with Gasteiger partial charge in [0, 0.05) is 29.7 Å². The number of amides is 1. The van der Waals surface area contributed by atoms with E-state index in [1.165, 1.54) is 11.3 Å². The third-order valence-corrected chi connectivity index (χ3v) is 9.57. The van der Waals surface area contributed by atoms with Crippen molar-refractivity contribution in [2.45, 2.75) is 31.1 Å². The summed E-state index contributed by atoms with van der Waals surface area (Å²) in [7, 11) is 0.440. The SMILES string of the molecule is CC1CCCN(S(=O)(=O)c2ccc(C(=O)N(CCCN(C)C)c3nc4ccc(Br)cc4s3)cc2)C1.Cl. The molecule has 36 heavy (non-hydrogen) atoms. The molecule has 11 heteroatoms. The van der Waals surface area contributed by atoms with Crippen LogP contribution in [0.1, 0.15) is 36.5 Å². The van der Waals surface area contributed by atoms with Crippen LogP contribution in [0.2, 0.25) is 0 Å². The van der Waals surface area contributed by atoms with Crippen LogP contribution >= 0.6 is 39.7 Å². The highest BCUT2D eigenvalue weighted by molar-refractivity contribution is 9.10. The van der Waals surface area contributed by atoms with Gasteiger partial charge < -0.3 is 4.90 Å². The molecule has 2 aromatic carbocycles. The number of aromatic nitrogens is 1. The summed E-state index contributed by atoms with van der Waals surface area (Å²) in [5.74, 6) is 0.168. The van der Waals surface area contributed by atoms with Crippen LogP contribution in [0.4, 0.5) is 5.13 Å². The molecule has 0 saturated carbocycles. The summed E-state index contributed by atoms with van der Waals surface area (Å²) in [6.07, 6.45) is 2.71. The molecule has 2 heterocycles. The number of carbonyl (C=O) groups is 1. The minimum absolute atomic E-state index is 0. The Morgan fingerprint density at radius 1 is 1.17 bits per heavy atom. The Balaban J connectivity index is 0.00000361. The maximum Gasteiger partial charge on any atom is 0.260 e. The number of rotatable bonds is 8. The standard InChI is InChI=1S/C25H31BrN4O3S2.ClH/c1-18-6-4-14-29(17-18)35(32,33)21-10-7-19(8-11-21)24(31)30(15-5-13-28(2)3)25-27-22-12-9-20(26)16-23(22)34-25;/h7-12,16,18H,4-6,13-15,17H2,1-3H3;1H. The number of sulfonamides is 1. The first-order chi connectivity index (χ1) is 16.6. The molecule has 1 unspecified atom stereocenters. The third kappa shape index (κ3) is 6.65. The maximum absolute atomic E-state index is 13.6. The first-order valence-electron chi connectivity index (χ1n) is 11.8. The topological polar surface area (TPSA) is 73.8 Å². The molecule has 4 rings (SSSR count). The van der Waals surface area contributed by atoms with Gasteiger partial charge in [-0.3, -0.25) is 9.69 Å². The number of piperidine rings is 1.